The van der Waals surface area contributed by atoms with Gasteiger partial charge < -0.3 is 20.9 Å². The van der Waals surface area contributed by atoms with E-state index < -0.39 is 5.41 Å². The second-order valence-corrected chi connectivity index (χ2v) is 12.9. The summed E-state index contributed by atoms with van der Waals surface area (Å²) < 4.78 is 12.9. The summed E-state index contributed by atoms with van der Waals surface area (Å²) in [6.45, 7) is 8.60. The summed E-state index contributed by atoms with van der Waals surface area (Å²) in [5.41, 5.74) is 22.9. The van der Waals surface area contributed by atoms with Gasteiger partial charge in [-0.3, -0.25) is 0 Å². The Kier molecular flexibility index (Phi) is 7.73. The minimum atomic E-state index is -0.548. The number of nitrogen functional groups attached to an aromatic ring is 2. The molecule has 6 aromatic rings. The van der Waals surface area contributed by atoms with E-state index in [2.05, 4.69) is 137 Å². The molecule has 0 bridgehead atoms. The fourth-order valence-electron chi connectivity index (χ4n) is 7.10. The van der Waals surface area contributed by atoms with Gasteiger partial charge in [0.1, 0.15) is 11.5 Å². The summed E-state index contributed by atoms with van der Waals surface area (Å²) in [6, 6.07) is 46.3. The number of ether oxygens (including phenoxy) is 2. The summed E-state index contributed by atoms with van der Waals surface area (Å²) in [7, 11) is 0. The number of hydrogen-bond acceptors (Lipinski definition) is 4. The highest BCUT2D eigenvalue weighted by Crippen LogP contribution is 2.56. The molecule has 0 atom stereocenters. The van der Waals surface area contributed by atoms with E-state index in [4.69, 9.17) is 20.9 Å². The lowest BCUT2D eigenvalue weighted by Gasteiger charge is -2.34. The van der Waals surface area contributed by atoms with Crippen LogP contribution < -0.4 is 20.9 Å². The van der Waals surface area contributed by atoms with Gasteiger partial charge >= 0.3 is 0 Å². The highest BCUT2D eigenvalue weighted by molar-refractivity contribution is 5.86. The van der Waals surface area contributed by atoms with Crippen LogP contribution in [0.25, 0.3) is 11.1 Å². The molecule has 6 aromatic carbocycles. The molecular formula is C43H40N2O2. The number of anilines is 2. The molecule has 4 N–H and O–H groups in total. The average Bonchev–Trinajstić information content (AvgIpc) is 3.38. The number of nitrogens with two attached hydrogens (primary N) is 2. The van der Waals surface area contributed by atoms with E-state index in [1.807, 2.05) is 24.3 Å². The largest absolute Gasteiger partial charge is 0.455 e. The van der Waals surface area contributed by atoms with Crippen molar-refractivity contribution in [3.8, 4) is 34.1 Å². The Morgan fingerprint density at radius 2 is 0.830 bits per heavy atom. The standard InChI is InChI=1S/C43H40N2O2/c1-27(2)33-13-9-17-39(44)41(33)46-31-23-19-29(20-24-31)43(37-15-7-5-11-35(37)36-12-6-8-16-38(36)43)30-21-25-32(26-22-30)47-42-34(28(3)4)14-10-18-40(42)45/h5-28H,44-45H2,1-4H3. The summed E-state index contributed by atoms with van der Waals surface area (Å²) in [4.78, 5) is 0. The predicted octanol–water partition coefficient (Wildman–Crippen LogP) is 11.0. The maximum Gasteiger partial charge on any atom is 0.153 e. The molecule has 0 radical (unpaired) electrons. The normalized spacial score (nSPS) is 13.0. The minimum Gasteiger partial charge on any atom is -0.455 e. The molecule has 1 aliphatic carbocycles. The highest BCUT2D eigenvalue weighted by Gasteiger charge is 2.45. The second-order valence-electron chi connectivity index (χ2n) is 12.9. The first-order valence-corrected chi connectivity index (χ1v) is 16.3. The maximum absolute atomic E-state index is 6.45. The number of fused-ring (bicyclic) bond motifs is 3. The van der Waals surface area contributed by atoms with Crippen LogP contribution in [0.15, 0.2) is 133 Å². The average molecular weight is 617 g/mol. The van der Waals surface area contributed by atoms with Gasteiger partial charge in [-0.1, -0.05) is 125 Å². The Morgan fingerprint density at radius 3 is 1.21 bits per heavy atom. The van der Waals surface area contributed by atoms with Crippen molar-refractivity contribution < 1.29 is 9.47 Å². The molecule has 0 unspecified atom stereocenters. The molecule has 0 saturated heterocycles. The van der Waals surface area contributed by atoms with Crippen LogP contribution in [0.2, 0.25) is 0 Å². The lowest BCUT2D eigenvalue weighted by molar-refractivity contribution is 0.475. The molecule has 0 aliphatic heterocycles. The van der Waals surface area contributed by atoms with Crippen LogP contribution in [0.1, 0.15) is 72.9 Å². The molecule has 0 amide bonds. The molecule has 0 saturated carbocycles. The van der Waals surface area contributed by atoms with E-state index >= 15 is 0 Å². The van der Waals surface area contributed by atoms with E-state index in [1.54, 1.807) is 0 Å². The Labute approximate surface area is 277 Å². The van der Waals surface area contributed by atoms with Crippen LogP contribution in [0.4, 0.5) is 11.4 Å². The molecular weight excluding hydrogens is 576 g/mol. The zero-order valence-corrected chi connectivity index (χ0v) is 27.3. The van der Waals surface area contributed by atoms with E-state index in [0.717, 1.165) is 45.3 Å². The fraction of sp³-hybridized carbons (Fsp3) is 0.163. The van der Waals surface area contributed by atoms with Crippen molar-refractivity contribution in [3.05, 3.63) is 167 Å². The first-order chi connectivity index (χ1) is 22.8. The Balaban J connectivity index is 1.34. The van der Waals surface area contributed by atoms with Gasteiger partial charge in [0.25, 0.3) is 0 Å². The zero-order chi connectivity index (χ0) is 32.7. The monoisotopic (exact) mass is 616 g/mol. The van der Waals surface area contributed by atoms with Crippen LogP contribution >= 0.6 is 0 Å². The topological polar surface area (TPSA) is 70.5 Å². The van der Waals surface area contributed by atoms with E-state index in [0.29, 0.717) is 11.4 Å². The number of rotatable bonds is 8. The highest BCUT2D eigenvalue weighted by atomic mass is 16.5. The van der Waals surface area contributed by atoms with Crippen LogP contribution in [-0.4, -0.2) is 0 Å². The molecule has 47 heavy (non-hydrogen) atoms. The van der Waals surface area contributed by atoms with Crippen LogP contribution in [0, 0.1) is 0 Å². The van der Waals surface area contributed by atoms with Gasteiger partial charge in [-0.25, -0.2) is 0 Å². The van der Waals surface area contributed by atoms with Crippen molar-refractivity contribution in [1.82, 2.24) is 0 Å². The summed E-state index contributed by atoms with van der Waals surface area (Å²) in [5.74, 6) is 3.49. The lowest BCUT2D eigenvalue weighted by atomic mass is 9.68. The van der Waals surface area contributed by atoms with E-state index in [-0.39, 0.29) is 11.8 Å². The van der Waals surface area contributed by atoms with Crippen molar-refractivity contribution in [2.45, 2.75) is 44.9 Å². The fourth-order valence-corrected chi connectivity index (χ4v) is 7.10. The molecule has 7 rings (SSSR count). The molecule has 0 aromatic heterocycles. The molecule has 0 fully saturated rings. The maximum atomic E-state index is 6.45. The van der Waals surface area contributed by atoms with Crippen molar-refractivity contribution in [2.75, 3.05) is 11.5 Å². The van der Waals surface area contributed by atoms with Gasteiger partial charge in [0, 0.05) is 0 Å². The number of para-hydroxylation sites is 2. The molecule has 4 nitrogen and oxygen atoms in total. The van der Waals surface area contributed by atoms with Crippen LogP contribution in [0.3, 0.4) is 0 Å². The Morgan fingerprint density at radius 1 is 0.447 bits per heavy atom. The summed E-state index contributed by atoms with van der Waals surface area (Å²) >= 11 is 0. The van der Waals surface area contributed by atoms with Gasteiger partial charge in [-0.05, 0) is 92.7 Å². The van der Waals surface area contributed by atoms with Crippen molar-refractivity contribution in [2.24, 2.45) is 0 Å². The van der Waals surface area contributed by atoms with Gasteiger partial charge in [0.05, 0.1) is 16.8 Å². The third-order valence-electron chi connectivity index (χ3n) is 9.36. The SMILES string of the molecule is CC(C)c1cccc(N)c1Oc1ccc(C2(c3ccc(Oc4c(N)cccc4C(C)C)cc3)c3ccccc3-c3ccccc32)cc1. The third-order valence-corrected chi connectivity index (χ3v) is 9.36. The number of hydrogen-bond donors (Lipinski definition) is 2. The molecule has 0 spiro atoms. The molecule has 234 valence electrons. The first kappa shape index (κ1) is 30.2. The van der Waals surface area contributed by atoms with E-state index in [1.165, 1.54) is 22.3 Å². The Hall–Kier alpha value is -5.48. The summed E-state index contributed by atoms with van der Waals surface area (Å²) in [6.07, 6.45) is 0. The van der Waals surface area contributed by atoms with Crippen molar-refractivity contribution >= 4 is 11.4 Å². The lowest BCUT2D eigenvalue weighted by Crippen LogP contribution is -2.28. The summed E-state index contributed by atoms with van der Waals surface area (Å²) in [5, 5.41) is 0. The van der Waals surface area contributed by atoms with Crippen LogP contribution in [0.5, 0.6) is 23.0 Å². The third kappa shape index (κ3) is 5.11. The van der Waals surface area contributed by atoms with Gasteiger partial charge in [-0.2, -0.15) is 0 Å². The zero-order valence-electron chi connectivity index (χ0n) is 27.3. The second kappa shape index (κ2) is 12.0. The molecule has 1 aliphatic rings. The van der Waals surface area contributed by atoms with Gasteiger partial charge in [-0.15, -0.1) is 0 Å². The van der Waals surface area contributed by atoms with E-state index in [9.17, 15) is 0 Å². The van der Waals surface area contributed by atoms with Crippen LogP contribution in [-0.2, 0) is 5.41 Å². The number of benzene rings is 6. The molecule has 0 heterocycles. The van der Waals surface area contributed by atoms with Gasteiger partial charge in [0.2, 0.25) is 0 Å². The molecule has 4 heteroatoms. The first-order valence-electron chi connectivity index (χ1n) is 16.3. The van der Waals surface area contributed by atoms with Crippen molar-refractivity contribution in [3.63, 3.8) is 0 Å². The van der Waals surface area contributed by atoms with Gasteiger partial charge in [0.15, 0.2) is 11.5 Å². The minimum absolute atomic E-state index is 0.282. The smallest absolute Gasteiger partial charge is 0.153 e. The van der Waals surface area contributed by atoms with Crippen molar-refractivity contribution in [1.29, 1.82) is 0 Å². The predicted molar refractivity (Wildman–Crippen MR) is 194 cm³/mol. The Bertz CT molecular complexity index is 1910. The quantitative estimate of drug-likeness (QED) is 0.167.